The molecular weight excluding hydrogens is 366 g/mol. The highest BCUT2D eigenvalue weighted by atomic mass is 16.3. The maximum Gasteiger partial charge on any atom is 0.136 e. The van der Waals surface area contributed by atoms with E-state index >= 15 is 0 Å². The number of hydrogen-bond donors (Lipinski definition) is 0. The molecule has 146 valence electrons. The Morgan fingerprint density at radius 3 is 2.17 bits per heavy atom. The van der Waals surface area contributed by atoms with E-state index in [1.807, 2.05) is 0 Å². The first kappa shape index (κ1) is 17.3. The monoisotopic (exact) mass is 389 g/mol. The second kappa shape index (κ2) is 6.50. The van der Waals surface area contributed by atoms with Crippen LogP contribution in [0.15, 0.2) is 83.3 Å². The number of furan rings is 1. The van der Waals surface area contributed by atoms with Gasteiger partial charge in [0.05, 0.1) is 0 Å². The molecule has 0 radical (unpaired) electrons. The van der Waals surface area contributed by atoms with Gasteiger partial charge in [0, 0.05) is 39.1 Å². The van der Waals surface area contributed by atoms with Crippen LogP contribution in [0.1, 0.15) is 19.4 Å². The van der Waals surface area contributed by atoms with Crippen molar-refractivity contribution in [3.63, 3.8) is 0 Å². The van der Waals surface area contributed by atoms with Gasteiger partial charge < -0.3 is 8.98 Å². The molecule has 2 nitrogen and oxygen atoms in total. The van der Waals surface area contributed by atoms with Crippen molar-refractivity contribution in [2.45, 2.75) is 26.8 Å². The van der Waals surface area contributed by atoms with Gasteiger partial charge in [-0.05, 0) is 66.4 Å². The molecule has 0 N–H and O–H groups in total. The Labute approximate surface area is 175 Å². The van der Waals surface area contributed by atoms with Gasteiger partial charge in [-0.2, -0.15) is 0 Å². The first-order valence-corrected chi connectivity index (χ1v) is 10.7. The molecule has 6 rings (SSSR count). The van der Waals surface area contributed by atoms with Gasteiger partial charge in [0.2, 0.25) is 0 Å². The van der Waals surface area contributed by atoms with Crippen LogP contribution in [0, 0.1) is 0 Å². The first-order chi connectivity index (χ1) is 14.8. The molecule has 30 heavy (non-hydrogen) atoms. The number of hydrogen-bond acceptors (Lipinski definition) is 1. The van der Waals surface area contributed by atoms with Crippen molar-refractivity contribution in [3.05, 3.63) is 84.4 Å². The molecular formula is C28H23NO. The summed E-state index contributed by atoms with van der Waals surface area (Å²) in [7, 11) is 0. The maximum atomic E-state index is 6.23. The van der Waals surface area contributed by atoms with Crippen LogP contribution < -0.4 is 0 Å². The van der Waals surface area contributed by atoms with Gasteiger partial charge in [0.25, 0.3) is 0 Å². The summed E-state index contributed by atoms with van der Waals surface area (Å²) in [5, 5.41) is 4.99. The van der Waals surface area contributed by atoms with Crippen LogP contribution in [0.4, 0.5) is 0 Å². The molecule has 0 saturated carbocycles. The second-order valence-electron chi connectivity index (χ2n) is 7.99. The largest absolute Gasteiger partial charge is 0.456 e. The molecule has 0 aliphatic rings. The summed E-state index contributed by atoms with van der Waals surface area (Å²) in [5.74, 6) is 0. The zero-order valence-corrected chi connectivity index (χ0v) is 17.3. The van der Waals surface area contributed by atoms with Gasteiger partial charge in [0.1, 0.15) is 11.2 Å². The van der Waals surface area contributed by atoms with Crippen molar-refractivity contribution < 1.29 is 4.42 Å². The topological polar surface area (TPSA) is 18.1 Å². The summed E-state index contributed by atoms with van der Waals surface area (Å²) in [5.41, 5.74) is 8.23. The SMILES string of the molecule is CCc1ccc2c(c1)oc1cc(-c3ccc4c(c3)c3ccccc3n4CC)ccc12. The van der Waals surface area contributed by atoms with E-state index in [0.717, 1.165) is 24.1 Å². The van der Waals surface area contributed by atoms with E-state index in [4.69, 9.17) is 4.42 Å². The number of fused-ring (bicyclic) bond motifs is 6. The first-order valence-electron chi connectivity index (χ1n) is 10.7. The quantitative estimate of drug-likeness (QED) is 0.300. The highest BCUT2D eigenvalue weighted by Gasteiger charge is 2.12. The van der Waals surface area contributed by atoms with Crippen molar-refractivity contribution in [3.8, 4) is 11.1 Å². The predicted molar refractivity (Wildman–Crippen MR) is 127 cm³/mol. The Bertz CT molecular complexity index is 1560. The van der Waals surface area contributed by atoms with Crippen molar-refractivity contribution in [1.82, 2.24) is 4.57 Å². The van der Waals surface area contributed by atoms with Crippen molar-refractivity contribution in [2.75, 3.05) is 0 Å². The Balaban J connectivity index is 1.55. The molecule has 0 aliphatic heterocycles. The van der Waals surface area contributed by atoms with Gasteiger partial charge >= 0.3 is 0 Å². The lowest BCUT2D eigenvalue weighted by molar-refractivity contribution is 0.668. The average Bonchev–Trinajstić information content (AvgIpc) is 3.32. The lowest BCUT2D eigenvalue weighted by Crippen LogP contribution is -1.92. The fourth-order valence-corrected chi connectivity index (χ4v) is 4.79. The highest BCUT2D eigenvalue weighted by molar-refractivity contribution is 6.10. The van der Waals surface area contributed by atoms with Gasteiger partial charge in [0.15, 0.2) is 0 Å². The van der Waals surface area contributed by atoms with E-state index in [-0.39, 0.29) is 0 Å². The predicted octanol–water partition coefficient (Wildman–Crippen LogP) is 7.94. The number of aryl methyl sites for hydroxylation is 2. The number of aromatic nitrogens is 1. The molecule has 2 heteroatoms. The van der Waals surface area contributed by atoms with E-state index in [2.05, 4.69) is 97.3 Å². The minimum Gasteiger partial charge on any atom is -0.456 e. The zero-order valence-electron chi connectivity index (χ0n) is 17.3. The third kappa shape index (κ3) is 2.43. The third-order valence-corrected chi connectivity index (χ3v) is 6.37. The molecule has 2 heterocycles. The van der Waals surface area contributed by atoms with Crippen LogP contribution in [0.5, 0.6) is 0 Å². The normalized spacial score (nSPS) is 11.9. The average molecular weight is 389 g/mol. The van der Waals surface area contributed by atoms with Crippen LogP contribution >= 0.6 is 0 Å². The van der Waals surface area contributed by atoms with E-state index < -0.39 is 0 Å². The number of nitrogens with zero attached hydrogens (tertiary/aromatic N) is 1. The molecule has 0 aliphatic carbocycles. The zero-order chi connectivity index (χ0) is 20.2. The minimum absolute atomic E-state index is 0.951. The Hall–Kier alpha value is -3.52. The van der Waals surface area contributed by atoms with Crippen molar-refractivity contribution >= 4 is 43.7 Å². The molecule has 0 spiro atoms. The van der Waals surface area contributed by atoms with E-state index in [9.17, 15) is 0 Å². The van der Waals surface area contributed by atoms with Crippen molar-refractivity contribution in [1.29, 1.82) is 0 Å². The standard InChI is InChI=1S/C28H23NO/c1-3-18-9-12-22-23-13-10-20(17-28(23)30-27(22)15-18)19-11-14-26-24(16-19)21-7-5-6-8-25(21)29(26)4-2/h5-17H,3-4H2,1-2H3. The lowest BCUT2D eigenvalue weighted by atomic mass is 10.0. The summed E-state index contributed by atoms with van der Waals surface area (Å²) in [6.45, 7) is 5.35. The molecule has 4 aromatic carbocycles. The molecule has 0 amide bonds. The van der Waals surface area contributed by atoms with Crippen LogP contribution in [-0.4, -0.2) is 4.57 Å². The fraction of sp³-hybridized carbons (Fsp3) is 0.143. The number of benzene rings is 4. The summed E-state index contributed by atoms with van der Waals surface area (Å²) < 4.78 is 8.62. The lowest BCUT2D eigenvalue weighted by Gasteiger charge is -2.05. The van der Waals surface area contributed by atoms with Gasteiger partial charge in [-0.3, -0.25) is 0 Å². The smallest absolute Gasteiger partial charge is 0.136 e. The van der Waals surface area contributed by atoms with Crippen LogP contribution in [0.25, 0.3) is 54.9 Å². The molecule has 6 aromatic rings. The molecule has 0 atom stereocenters. The second-order valence-corrected chi connectivity index (χ2v) is 7.99. The Morgan fingerprint density at radius 2 is 1.33 bits per heavy atom. The highest BCUT2D eigenvalue weighted by Crippen LogP contribution is 2.36. The summed E-state index contributed by atoms with van der Waals surface area (Å²) >= 11 is 0. The van der Waals surface area contributed by atoms with Crippen LogP contribution in [0.2, 0.25) is 0 Å². The molecule has 0 saturated heterocycles. The van der Waals surface area contributed by atoms with Gasteiger partial charge in [-0.25, -0.2) is 0 Å². The number of para-hydroxylation sites is 1. The maximum absolute atomic E-state index is 6.23. The fourth-order valence-electron chi connectivity index (χ4n) is 4.79. The van der Waals surface area contributed by atoms with Gasteiger partial charge in [-0.1, -0.05) is 49.4 Å². The van der Waals surface area contributed by atoms with Crippen LogP contribution in [-0.2, 0) is 13.0 Å². The van der Waals surface area contributed by atoms with Crippen LogP contribution in [0.3, 0.4) is 0 Å². The molecule has 0 unspecified atom stereocenters. The van der Waals surface area contributed by atoms with Crippen molar-refractivity contribution in [2.24, 2.45) is 0 Å². The molecule has 0 fully saturated rings. The third-order valence-electron chi connectivity index (χ3n) is 6.37. The molecule has 2 aromatic heterocycles. The Kier molecular flexibility index (Phi) is 3.76. The van der Waals surface area contributed by atoms with E-state index in [1.165, 1.54) is 49.3 Å². The molecule has 0 bridgehead atoms. The van der Waals surface area contributed by atoms with E-state index in [1.54, 1.807) is 0 Å². The van der Waals surface area contributed by atoms with E-state index in [0.29, 0.717) is 0 Å². The number of rotatable bonds is 3. The summed E-state index contributed by atoms with van der Waals surface area (Å²) in [4.78, 5) is 0. The minimum atomic E-state index is 0.951. The Morgan fingerprint density at radius 1 is 0.633 bits per heavy atom. The summed E-state index contributed by atoms with van der Waals surface area (Å²) in [6.07, 6.45) is 1.02. The summed E-state index contributed by atoms with van der Waals surface area (Å²) in [6, 6.07) is 28.6. The van der Waals surface area contributed by atoms with Gasteiger partial charge in [-0.15, -0.1) is 0 Å².